The number of nitrogens with zero attached hydrogens (tertiary/aromatic N) is 3. The Bertz CT molecular complexity index is 816. The lowest BCUT2D eigenvalue weighted by Crippen LogP contribution is -2.38. The van der Waals surface area contributed by atoms with Crippen LogP contribution in [0.15, 0.2) is 18.3 Å². The monoisotopic (exact) mass is 521 g/mol. The Morgan fingerprint density at radius 2 is 1.94 bits per heavy atom. The maximum atomic E-state index is 13.0. The maximum Gasteiger partial charge on any atom is 0.267 e. The molecule has 2 heterocycles. The molecule has 3 N–H and O–H groups in total. The van der Waals surface area contributed by atoms with Crippen LogP contribution in [0.3, 0.4) is 0 Å². The molecule has 186 valence electrons. The van der Waals surface area contributed by atoms with Crippen LogP contribution in [0, 0.1) is 11.8 Å². The molecule has 1 aromatic heterocycles. The molecule has 2 aliphatic rings. The topological polar surface area (TPSA) is 97.8 Å². The van der Waals surface area contributed by atoms with Gasteiger partial charge in [-0.3, -0.25) is 14.8 Å². The molecule has 33 heavy (non-hydrogen) atoms. The third kappa shape index (κ3) is 8.61. The number of hydroxylamine groups is 1. The number of carbonyl (C=O) groups is 2. The van der Waals surface area contributed by atoms with E-state index in [1.165, 1.54) is 17.6 Å². The van der Waals surface area contributed by atoms with Crippen molar-refractivity contribution in [1.82, 2.24) is 20.3 Å². The van der Waals surface area contributed by atoms with Crippen molar-refractivity contribution in [3.63, 3.8) is 0 Å². The molecule has 0 bridgehead atoms. The molecule has 1 atom stereocenters. The summed E-state index contributed by atoms with van der Waals surface area (Å²) in [5, 5.41) is 12.3. The molecular weight excluding hydrogens is 489 g/mol. The minimum absolute atomic E-state index is 0. The van der Waals surface area contributed by atoms with Gasteiger partial charge in [0.1, 0.15) is 5.82 Å². The van der Waals surface area contributed by atoms with Gasteiger partial charge in [0.25, 0.3) is 5.91 Å². The van der Waals surface area contributed by atoms with Gasteiger partial charge in [0.2, 0.25) is 5.91 Å². The molecule has 8 nitrogen and oxygen atoms in total. The summed E-state index contributed by atoms with van der Waals surface area (Å²) in [7, 11) is 4.21. The van der Waals surface area contributed by atoms with Crippen LogP contribution in [0.1, 0.15) is 37.7 Å². The quantitative estimate of drug-likeness (QED) is 0.288. The third-order valence-corrected chi connectivity index (χ3v) is 6.35. The normalized spacial score (nSPS) is 22.6. The number of amides is 2. The van der Waals surface area contributed by atoms with Gasteiger partial charge in [-0.05, 0) is 69.8 Å². The van der Waals surface area contributed by atoms with Crippen LogP contribution in [0.25, 0.3) is 6.08 Å². The molecule has 1 saturated carbocycles. The molecule has 0 radical (unpaired) electrons. The molecule has 0 unspecified atom stereocenters. The predicted molar refractivity (Wildman–Crippen MR) is 135 cm³/mol. The Balaban J connectivity index is 0.00000272. The number of anilines is 1. The molecule has 1 saturated heterocycles. The van der Waals surface area contributed by atoms with Crippen molar-refractivity contribution < 1.29 is 14.8 Å². The fraction of sp³-hybridized carbons (Fsp3) is 0.591. The molecule has 1 aliphatic heterocycles. The van der Waals surface area contributed by atoms with Gasteiger partial charge in [0, 0.05) is 43.9 Å². The Labute approximate surface area is 212 Å². The number of hydrogen-bond donors (Lipinski definition) is 3. The van der Waals surface area contributed by atoms with Crippen molar-refractivity contribution in [2.24, 2.45) is 11.8 Å². The second-order valence-electron chi connectivity index (χ2n) is 8.80. The Morgan fingerprint density at radius 1 is 1.24 bits per heavy atom. The molecule has 0 spiro atoms. The van der Waals surface area contributed by atoms with Gasteiger partial charge < -0.3 is 15.1 Å². The van der Waals surface area contributed by atoms with Crippen LogP contribution in [0.2, 0.25) is 5.02 Å². The van der Waals surface area contributed by atoms with Gasteiger partial charge in [-0.2, -0.15) is 0 Å². The van der Waals surface area contributed by atoms with E-state index >= 15 is 0 Å². The SMILES string of the molecule is CN(C)CC1CCC(C(=O)N2CC[C@@H](Nc3ncc(C=CC(=O)NO)cc3Cl)C2)CC1.Cl.Cl. The number of aromatic nitrogens is 1. The Hall–Kier alpha value is -1.58. The van der Waals surface area contributed by atoms with Crippen molar-refractivity contribution in [2.75, 3.05) is 39.0 Å². The Morgan fingerprint density at radius 3 is 2.55 bits per heavy atom. The van der Waals surface area contributed by atoms with Gasteiger partial charge in [-0.15, -0.1) is 24.8 Å². The smallest absolute Gasteiger partial charge is 0.267 e. The van der Waals surface area contributed by atoms with Gasteiger partial charge in [0.05, 0.1) is 5.02 Å². The summed E-state index contributed by atoms with van der Waals surface area (Å²) in [4.78, 5) is 32.6. The lowest BCUT2D eigenvalue weighted by Gasteiger charge is -2.31. The number of halogens is 3. The van der Waals surface area contributed by atoms with Gasteiger partial charge >= 0.3 is 0 Å². The maximum absolute atomic E-state index is 13.0. The second kappa shape index (κ2) is 14.0. The number of nitrogens with one attached hydrogen (secondary N) is 2. The number of likely N-dealkylation sites (tertiary alicyclic amines) is 1. The fourth-order valence-electron chi connectivity index (χ4n) is 4.50. The lowest BCUT2D eigenvalue weighted by atomic mass is 9.81. The summed E-state index contributed by atoms with van der Waals surface area (Å²) in [5.41, 5.74) is 2.18. The van der Waals surface area contributed by atoms with Crippen molar-refractivity contribution in [3.8, 4) is 0 Å². The summed E-state index contributed by atoms with van der Waals surface area (Å²) in [6, 6.07) is 1.81. The zero-order chi connectivity index (χ0) is 22.4. The Kier molecular flexibility index (Phi) is 12.5. The average Bonchev–Trinajstić information content (AvgIpc) is 3.22. The van der Waals surface area contributed by atoms with Crippen molar-refractivity contribution >= 4 is 60.1 Å². The van der Waals surface area contributed by atoms with E-state index in [0.29, 0.717) is 28.9 Å². The average molecular weight is 523 g/mol. The van der Waals surface area contributed by atoms with Crippen molar-refractivity contribution in [1.29, 1.82) is 0 Å². The lowest BCUT2D eigenvalue weighted by molar-refractivity contribution is -0.135. The van der Waals surface area contributed by atoms with E-state index in [4.69, 9.17) is 16.8 Å². The molecule has 2 amide bonds. The number of pyridine rings is 1. The summed E-state index contributed by atoms with van der Waals surface area (Å²) >= 11 is 6.33. The van der Waals surface area contributed by atoms with Crippen molar-refractivity contribution in [3.05, 3.63) is 28.9 Å². The van der Waals surface area contributed by atoms with Gasteiger partial charge in [-0.25, -0.2) is 10.5 Å². The van der Waals surface area contributed by atoms with E-state index < -0.39 is 5.91 Å². The molecule has 11 heteroatoms. The fourth-order valence-corrected chi connectivity index (χ4v) is 4.73. The highest BCUT2D eigenvalue weighted by molar-refractivity contribution is 6.33. The van der Waals surface area contributed by atoms with E-state index in [2.05, 4.69) is 29.3 Å². The molecule has 2 fully saturated rings. The van der Waals surface area contributed by atoms with Crippen LogP contribution in [0.4, 0.5) is 5.82 Å². The minimum atomic E-state index is -0.625. The molecule has 1 aromatic rings. The van der Waals surface area contributed by atoms with Crippen LogP contribution in [0.5, 0.6) is 0 Å². The zero-order valence-corrected chi connectivity index (χ0v) is 21.4. The van der Waals surface area contributed by atoms with E-state index in [-0.39, 0.29) is 42.7 Å². The predicted octanol–water partition coefficient (Wildman–Crippen LogP) is 3.48. The third-order valence-electron chi connectivity index (χ3n) is 6.06. The first kappa shape index (κ1) is 29.5. The first-order chi connectivity index (χ1) is 14.9. The van der Waals surface area contributed by atoms with Crippen molar-refractivity contribution in [2.45, 2.75) is 38.1 Å². The first-order valence-corrected chi connectivity index (χ1v) is 11.2. The number of hydrogen-bond acceptors (Lipinski definition) is 6. The van der Waals surface area contributed by atoms with E-state index in [1.807, 2.05) is 4.90 Å². The van der Waals surface area contributed by atoms with Crippen LogP contribution >= 0.6 is 36.4 Å². The van der Waals surface area contributed by atoms with E-state index in [0.717, 1.165) is 45.2 Å². The summed E-state index contributed by atoms with van der Waals surface area (Å²) in [5.74, 6) is 1.08. The van der Waals surface area contributed by atoms with Crippen LogP contribution in [-0.4, -0.2) is 71.6 Å². The standard InChI is InChI=1S/C22H32ClN5O3.2ClH/c1-27(2)13-15-3-6-17(7-4-15)22(30)28-10-9-18(14-28)25-21-19(23)11-16(12-24-21)5-8-20(29)26-31;;/h5,8,11-12,15,17-18,31H,3-4,6-7,9-10,13-14H2,1-2H3,(H,24,25)(H,26,29);2*1H/t15?,17?,18-;;/m1../s1. The zero-order valence-electron chi connectivity index (χ0n) is 19.0. The minimum Gasteiger partial charge on any atom is -0.364 e. The van der Waals surface area contributed by atoms with Gasteiger partial charge in [0.15, 0.2) is 0 Å². The van der Waals surface area contributed by atoms with E-state index in [9.17, 15) is 9.59 Å². The first-order valence-electron chi connectivity index (χ1n) is 10.8. The summed E-state index contributed by atoms with van der Waals surface area (Å²) in [6.45, 7) is 2.52. The molecule has 1 aliphatic carbocycles. The van der Waals surface area contributed by atoms with Gasteiger partial charge in [-0.1, -0.05) is 11.6 Å². The number of rotatable bonds is 7. The highest BCUT2D eigenvalue weighted by Crippen LogP contribution is 2.31. The number of carbonyl (C=O) groups excluding carboxylic acids is 2. The summed E-state index contributed by atoms with van der Waals surface area (Å²) in [6.07, 6.45) is 9.39. The van der Waals surface area contributed by atoms with Crippen LogP contribution in [-0.2, 0) is 9.59 Å². The van der Waals surface area contributed by atoms with E-state index in [1.54, 1.807) is 12.3 Å². The summed E-state index contributed by atoms with van der Waals surface area (Å²) < 4.78 is 0. The second-order valence-corrected chi connectivity index (χ2v) is 9.21. The highest BCUT2D eigenvalue weighted by Gasteiger charge is 2.33. The highest BCUT2D eigenvalue weighted by atomic mass is 35.5. The largest absolute Gasteiger partial charge is 0.364 e. The van der Waals surface area contributed by atoms with Crippen LogP contribution < -0.4 is 10.8 Å². The molecule has 3 rings (SSSR count). The molecule has 0 aromatic carbocycles. The molecular formula is C22H34Cl3N5O3.